The molecule has 3 N–H and O–H groups in total. The molecule has 1 unspecified atom stereocenters. The van der Waals surface area contributed by atoms with Crippen molar-refractivity contribution in [3.05, 3.63) is 101 Å². The quantitative estimate of drug-likeness (QED) is 0.341. The van der Waals surface area contributed by atoms with Crippen LogP contribution in [0.3, 0.4) is 0 Å². The highest BCUT2D eigenvalue weighted by Gasteiger charge is 2.50. The van der Waals surface area contributed by atoms with E-state index in [4.69, 9.17) is 11.6 Å². The molecule has 4 rings (SSSR count). The van der Waals surface area contributed by atoms with E-state index in [0.717, 1.165) is 5.56 Å². The van der Waals surface area contributed by atoms with Crippen molar-refractivity contribution in [1.29, 1.82) is 0 Å². The topological polar surface area (TPSA) is 133 Å². The minimum atomic E-state index is -4.25. The summed E-state index contributed by atoms with van der Waals surface area (Å²) >= 11 is 6.03. The molecular weight excluding hydrogens is 590 g/mol. The Balaban J connectivity index is 1.40. The number of nitrogens with zero attached hydrogens (tertiary/aromatic N) is 1. The number of sulfonamides is 1. The van der Waals surface area contributed by atoms with Crippen molar-refractivity contribution in [3.63, 3.8) is 0 Å². The fourth-order valence-corrected chi connectivity index (χ4v) is 6.47. The Kier molecular flexibility index (Phi) is 9.34. The van der Waals surface area contributed by atoms with Crippen LogP contribution in [-0.4, -0.2) is 55.3 Å². The van der Waals surface area contributed by atoms with E-state index in [1.807, 2.05) is 18.6 Å². The zero-order chi connectivity index (χ0) is 31.6. The summed E-state index contributed by atoms with van der Waals surface area (Å²) in [6.07, 6.45) is 0.336. The number of nitrogens with one attached hydrogen (secondary N) is 2. The van der Waals surface area contributed by atoms with E-state index in [9.17, 15) is 27.9 Å². The van der Waals surface area contributed by atoms with Gasteiger partial charge in [0.15, 0.2) is 0 Å². The Labute approximate surface area is 257 Å². The fourth-order valence-electron chi connectivity index (χ4n) is 5.32. The molecule has 0 saturated carbocycles. The van der Waals surface area contributed by atoms with Crippen molar-refractivity contribution in [1.82, 2.24) is 14.9 Å². The zero-order valence-corrected chi connectivity index (χ0v) is 26.1. The van der Waals surface area contributed by atoms with Gasteiger partial charge in [0.25, 0.3) is 21.8 Å². The van der Waals surface area contributed by atoms with E-state index in [2.05, 4.69) is 5.32 Å². The van der Waals surface area contributed by atoms with Crippen molar-refractivity contribution in [3.8, 4) is 0 Å². The lowest BCUT2D eigenvalue weighted by molar-refractivity contribution is -0.156. The molecule has 9 nitrogen and oxygen atoms in total. The average molecular weight is 626 g/mol. The Bertz CT molecular complexity index is 1610. The van der Waals surface area contributed by atoms with Crippen molar-refractivity contribution < 1.29 is 27.9 Å². The molecule has 0 radical (unpaired) electrons. The van der Waals surface area contributed by atoms with Crippen molar-refractivity contribution in [2.24, 2.45) is 11.3 Å². The summed E-state index contributed by atoms with van der Waals surface area (Å²) in [5.41, 5.74) is -0.828. The fraction of sp³-hybridized carbons (Fsp3) is 0.344. The number of hydrogen-bond acceptors (Lipinski definition) is 6. The molecular formula is C32H36ClN3O6S. The second-order valence-corrected chi connectivity index (χ2v) is 13.8. The molecule has 11 heteroatoms. The van der Waals surface area contributed by atoms with Crippen LogP contribution in [0.4, 0.5) is 0 Å². The Morgan fingerprint density at radius 2 is 1.53 bits per heavy atom. The zero-order valence-electron chi connectivity index (χ0n) is 24.5. The van der Waals surface area contributed by atoms with Gasteiger partial charge in [0.2, 0.25) is 5.91 Å². The maximum absolute atomic E-state index is 13.5. The summed E-state index contributed by atoms with van der Waals surface area (Å²) in [4.78, 5) is 40.5. The van der Waals surface area contributed by atoms with E-state index in [1.165, 1.54) is 36.4 Å². The number of aliphatic hydroxyl groups is 1. The van der Waals surface area contributed by atoms with Gasteiger partial charge in [-0.3, -0.25) is 14.4 Å². The monoisotopic (exact) mass is 625 g/mol. The molecule has 1 aliphatic heterocycles. The molecule has 0 bridgehead atoms. The van der Waals surface area contributed by atoms with Crippen molar-refractivity contribution >= 4 is 39.3 Å². The highest BCUT2D eigenvalue weighted by Crippen LogP contribution is 2.46. The third-order valence-corrected chi connectivity index (χ3v) is 9.83. The van der Waals surface area contributed by atoms with Gasteiger partial charge in [0.1, 0.15) is 0 Å². The number of piperidine rings is 1. The molecule has 3 amide bonds. The van der Waals surface area contributed by atoms with Crippen molar-refractivity contribution in [2.45, 2.75) is 50.7 Å². The molecule has 0 aromatic heterocycles. The van der Waals surface area contributed by atoms with Gasteiger partial charge < -0.3 is 15.3 Å². The Hall–Kier alpha value is -3.73. The number of hydrogen-bond donors (Lipinski definition) is 3. The summed E-state index contributed by atoms with van der Waals surface area (Å²) in [6.45, 7) is 7.91. The number of carbonyl (C=O) groups excluding carboxylic acids is 3. The van der Waals surface area contributed by atoms with E-state index in [0.29, 0.717) is 24.5 Å². The molecule has 1 heterocycles. The first-order valence-electron chi connectivity index (χ1n) is 13.9. The van der Waals surface area contributed by atoms with Gasteiger partial charge in [-0.1, -0.05) is 68.8 Å². The molecule has 43 heavy (non-hydrogen) atoms. The normalized spacial score (nSPS) is 19.6. The highest BCUT2D eigenvalue weighted by molar-refractivity contribution is 7.90. The molecule has 1 fully saturated rings. The van der Waals surface area contributed by atoms with Gasteiger partial charge >= 0.3 is 0 Å². The van der Waals surface area contributed by atoms with E-state index >= 15 is 0 Å². The smallest absolute Gasteiger partial charge is 0.264 e. The van der Waals surface area contributed by atoms with Gasteiger partial charge in [-0.15, -0.1) is 0 Å². The number of likely N-dealkylation sites (tertiary alicyclic amines) is 1. The minimum absolute atomic E-state index is 0.0636. The van der Waals surface area contributed by atoms with Gasteiger partial charge in [0, 0.05) is 40.7 Å². The summed E-state index contributed by atoms with van der Waals surface area (Å²) in [5.74, 6) is -2.11. The molecule has 3 atom stereocenters. The second kappa shape index (κ2) is 12.5. The summed E-state index contributed by atoms with van der Waals surface area (Å²) < 4.78 is 27.7. The lowest BCUT2D eigenvalue weighted by Crippen LogP contribution is -2.58. The maximum atomic E-state index is 13.5. The van der Waals surface area contributed by atoms with Gasteiger partial charge in [0.05, 0.1) is 16.4 Å². The van der Waals surface area contributed by atoms with E-state index in [-0.39, 0.29) is 21.9 Å². The first-order chi connectivity index (χ1) is 20.1. The number of carbonyl (C=O) groups is 3. The molecule has 3 aromatic rings. The van der Waals surface area contributed by atoms with Gasteiger partial charge in [-0.05, 0) is 61.4 Å². The van der Waals surface area contributed by atoms with Crippen LogP contribution >= 0.6 is 11.6 Å². The maximum Gasteiger partial charge on any atom is 0.264 e. The van der Waals surface area contributed by atoms with Crippen LogP contribution in [0, 0.1) is 11.3 Å². The van der Waals surface area contributed by atoms with Crippen molar-refractivity contribution in [2.75, 3.05) is 13.1 Å². The van der Waals surface area contributed by atoms with Crippen LogP contribution < -0.4 is 10.0 Å². The molecule has 0 spiro atoms. The van der Waals surface area contributed by atoms with E-state index in [1.54, 1.807) is 61.2 Å². The first kappa shape index (κ1) is 32.2. The van der Waals surface area contributed by atoms with Crippen LogP contribution in [-0.2, 0) is 20.4 Å². The number of halogens is 1. The number of benzene rings is 3. The predicted octanol–water partition coefficient (Wildman–Crippen LogP) is 4.36. The molecule has 228 valence electrons. The van der Waals surface area contributed by atoms with E-state index < -0.39 is 44.8 Å². The summed E-state index contributed by atoms with van der Waals surface area (Å²) in [6, 6.07) is 19.8. The average Bonchev–Trinajstić information content (AvgIpc) is 2.98. The third kappa shape index (κ3) is 6.92. The molecule has 0 aliphatic carbocycles. The van der Waals surface area contributed by atoms with Crippen LogP contribution in [0.15, 0.2) is 83.8 Å². The molecule has 1 aliphatic rings. The standard InChI is InChI=1S/C32H36ClN3O6S/c1-21(30(39)36-18-17-32(40,31(3,4)20-36)25-13-15-26(33)16-14-25)22(2)34-28(37)24-11-8-12-27(19-24)43(41,42)35-29(38)23-9-6-5-7-10-23/h5-16,19,21-22,40H,17-18,20H2,1-4H3,(H,34,37)(H,35,38)/t21-,22?,32+/m1/s1. The number of amides is 3. The molecule has 3 aromatic carbocycles. The molecule has 1 saturated heterocycles. The van der Waals surface area contributed by atoms with Crippen LogP contribution in [0.2, 0.25) is 5.02 Å². The minimum Gasteiger partial charge on any atom is -0.384 e. The van der Waals surface area contributed by atoms with Crippen LogP contribution in [0.1, 0.15) is 60.4 Å². The lowest BCUT2D eigenvalue weighted by atomic mass is 9.66. The summed E-state index contributed by atoms with van der Waals surface area (Å²) in [5, 5.41) is 15.0. The predicted molar refractivity (Wildman–Crippen MR) is 164 cm³/mol. The largest absolute Gasteiger partial charge is 0.384 e. The summed E-state index contributed by atoms with van der Waals surface area (Å²) in [7, 11) is -4.25. The first-order valence-corrected chi connectivity index (χ1v) is 15.8. The van der Waals surface area contributed by atoms with Crippen LogP contribution in [0.25, 0.3) is 0 Å². The lowest BCUT2D eigenvalue weighted by Gasteiger charge is -2.51. The highest BCUT2D eigenvalue weighted by atomic mass is 35.5. The SMILES string of the molecule is CC(NC(=O)c1cccc(S(=O)(=O)NC(=O)c2ccccc2)c1)[C@@H](C)C(=O)N1CC[C@](O)(c2ccc(Cl)cc2)C(C)(C)C1. The van der Waals surface area contributed by atoms with Gasteiger partial charge in [-0.25, -0.2) is 13.1 Å². The third-order valence-electron chi connectivity index (χ3n) is 8.25. The number of rotatable bonds is 8. The Morgan fingerprint density at radius 1 is 0.907 bits per heavy atom. The van der Waals surface area contributed by atoms with Crippen LogP contribution in [0.5, 0.6) is 0 Å². The second-order valence-electron chi connectivity index (χ2n) is 11.6. The van der Waals surface area contributed by atoms with Gasteiger partial charge in [-0.2, -0.15) is 0 Å². The Morgan fingerprint density at radius 3 is 2.16 bits per heavy atom.